The zero-order chi connectivity index (χ0) is 21.1. The molecule has 4 aromatic rings. The number of nitrogens with zero attached hydrogens (tertiary/aromatic N) is 1. The first-order valence-electron chi connectivity index (χ1n) is 9.67. The Morgan fingerprint density at radius 2 is 1.87 bits per heavy atom. The van der Waals surface area contributed by atoms with E-state index in [4.69, 9.17) is 4.74 Å². The molecule has 1 amide bonds. The summed E-state index contributed by atoms with van der Waals surface area (Å²) in [5.41, 5.74) is 5.59. The number of carbonyl (C=O) groups excluding carboxylic acids is 1. The maximum atomic E-state index is 13.3. The summed E-state index contributed by atoms with van der Waals surface area (Å²) in [6, 6.07) is 21.5. The molecule has 0 aliphatic rings. The predicted molar refractivity (Wildman–Crippen MR) is 122 cm³/mol. The van der Waals surface area contributed by atoms with Crippen LogP contribution in [0.25, 0.3) is 11.0 Å². The molecule has 0 fully saturated rings. The summed E-state index contributed by atoms with van der Waals surface area (Å²) in [4.78, 5) is 21.3. The van der Waals surface area contributed by atoms with Crippen LogP contribution in [0, 0.1) is 13.8 Å². The van der Waals surface area contributed by atoms with Gasteiger partial charge in [0.05, 0.1) is 18.1 Å². The number of anilines is 1. The minimum absolute atomic E-state index is 0.0852. The molecule has 0 spiro atoms. The first-order chi connectivity index (χ1) is 14.5. The van der Waals surface area contributed by atoms with Crippen molar-refractivity contribution in [2.75, 3.05) is 12.4 Å². The number of carbonyl (C=O) groups is 1. The van der Waals surface area contributed by atoms with E-state index in [1.807, 2.05) is 80.6 Å². The number of nitrogens with one attached hydrogen (secondary N) is 2. The summed E-state index contributed by atoms with van der Waals surface area (Å²) in [7, 11) is 1.64. The van der Waals surface area contributed by atoms with Gasteiger partial charge in [-0.3, -0.25) is 4.79 Å². The van der Waals surface area contributed by atoms with Gasteiger partial charge >= 0.3 is 0 Å². The Kier molecular flexibility index (Phi) is 5.77. The van der Waals surface area contributed by atoms with E-state index in [1.54, 1.807) is 7.11 Å². The van der Waals surface area contributed by atoms with Gasteiger partial charge in [0, 0.05) is 11.8 Å². The van der Waals surface area contributed by atoms with E-state index in [0.717, 1.165) is 39.2 Å². The molecule has 4 rings (SSSR count). The minimum atomic E-state index is -0.450. The summed E-state index contributed by atoms with van der Waals surface area (Å²) in [6.45, 7) is 4.01. The van der Waals surface area contributed by atoms with E-state index >= 15 is 0 Å². The maximum absolute atomic E-state index is 13.3. The lowest BCUT2D eigenvalue weighted by molar-refractivity contribution is -0.115. The second-order valence-corrected chi connectivity index (χ2v) is 8.24. The number of rotatable bonds is 6. The Morgan fingerprint density at radius 1 is 1.07 bits per heavy atom. The number of methoxy groups -OCH3 is 1. The number of hydrogen-bond acceptors (Lipinski definition) is 4. The number of aromatic nitrogens is 2. The first-order valence-corrected chi connectivity index (χ1v) is 10.5. The molecule has 1 aromatic heterocycles. The highest BCUT2D eigenvalue weighted by Gasteiger charge is 2.24. The number of imidazole rings is 1. The molecule has 30 heavy (non-hydrogen) atoms. The number of hydrogen-bond donors (Lipinski definition) is 2. The number of aromatic amines is 1. The Balaban J connectivity index is 1.65. The van der Waals surface area contributed by atoms with E-state index in [0.29, 0.717) is 5.16 Å². The summed E-state index contributed by atoms with van der Waals surface area (Å²) in [5.74, 6) is 0.674. The molecule has 5 nitrogen and oxygen atoms in total. The summed E-state index contributed by atoms with van der Waals surface area (Å²) in [5, 5.41) is 3.33. The molecule has 2 N–H and O–H groups in total. The van der Waals surface area contributed by atoms with Crippen LogP contribution in [0.15, 0.2) is 71.9 Å². The molecule has 0 aliphatic heterocycles. The molecule has 0 saturated heterocycles. The van der Waals surface area contributed by atoms with Gasteiger partial charge in [0.25, 0.3) is 0 Å². The molecule has 0 radical (unpaired) electrons. The lowest BCUT2D eigenvalue weighted by atomic mass is 10.1. The highest BCUT2D eigenvalue weighted by atomic mass is 32.2. The fourth-order valence-corrected chi connectivity index (χ4v) is 4.23. The second kappa shape index (κ2) is 8.63. The summed E-state index contributed by atoms with van der Waals surface area (Å²) in [6.07, 6.45) is 0. The molecule has 3 aromatic carbocycles. The zero-order valence-electron chi connectivity index (χ0n) is 17.1. The summed E-state index contributed by atoms with van der Waals surface area (Å²) >= 11 is 1.40. The van der Waals surface area contributed by atoms with Crippen molar-refractivity contribution in [2.24, 2.45) is 0 Å². The number of ether oxygens (including phenoxy) is 1. The van der Waals surface area contributed by atoms with Gasteiger partial charge < -0.3 is 15.0 Å². The van der Waals surface area contributed by atoms with E-state index in [9.17, 15) is 4.79 Å². The molecule has 1 heterocycles. The van der Waals surface area contributed by atoms with Crippen LogP contribution in [0.5, 0.6) is 5.75 Å². The van der Waals surface area contributed by atoms with Crippen LogP contribution in [-0.2, 0) is 4.79 Å². The van der Waals surface area contributed by atoms with Gasteiger partial charge in [-0.15, -0.1) is 0 Å². The molecule has 0 bridgehead atoms. The Hall–Kier alpha value is -3.25. The van der Waals surface area contributed by atoms with Gasteiger partial charge in [-0.05, 0) is 48.7 Å². The van der Waals surface area contributed by atoms with E-state index in [-0.39, 0.29) is 5.91 Å². The van der Waals surface area contributed by atoms with Crippen molar-refractivity contribution in [3.63, 3.8) is 0 Å². The maximum Gasteiger partial charge on any atom is 0.242 e. The highest BCUT2D eigenvalue weighted by Crippen LogP contribution is 2.36. The number of aryl methyl sites for hydroxylation is 2. The molecule has 6 heteroatoms. The SMILES string of the molecule is COc1ccc2nc(S[C@H](C(=O)Nc3cc(C)ccc3C)c3ccccc3)[nH]c2c1. The van der Waals surface area contributed by atoms with Gasteiger partial charge in [-0.2, -0.15) is 0 Å². The highest BCUT2D eigenvalue weighted by molar-refractivity contribution is 8.00. The molecule has 0 unspecified atom stereocenters. The van der Waals surface area contributed by atoms with Crippen LogP contribution in [0.4, 0.5) is 5.69 Å². The fourth-order valence-electron chi connectivity index (χ4n) is 3.23. The number of amides is 1. The molecular formula is C24H23N3O2S. The van der Waals surface area contributed by atoms with Crippen molar-refractivity contribution in [1.82, 2.24) is 9.97 Å². The third-order valence-corrected chi connectivity index (χ3v) is 6.03. The van der Waals surface area contributed by atoms with Gasteiger partial charge in [0.1, 0.15) is 11.0 Å². The van der Waals surface area contributed by atoms with Gasteiger partial charge in [-0.1, -0.05) is 54.2 Å². The van der Waals surface area contributed by atoms with Crippen LogP contribution in [0.1, 0.15) is 21.9 Å². The predicted octanol–water partition coefficient (Wildman–Crippen LogP) is 5.66. The smallest absolute Gasteiger partial charge is 0.242 e. The van der Waals surface area contributed by atoms with Crippen LogP contribution in [-0.4, -0.2) is 23.0 Å². The van der Waals surface area contributed by atoms with Crippen molar-refractivity contribution in [1.29, 1.82) is 0 Å². The number of thioether (sulfide) groups is 1. The molecule has 1 atom stereocenters. The third-order valence-electron chi connectivity index (χ3n) is 4.89. The molecule has 0 aliphatic carbocycles. The number of fused-ring (bicyclic) bond motifs is 1. The summed E-state index contributed by atoms with van der Waals surface area (Å²) < 4.78 is 5.29. The third kappa shape index (κ3) is 4.33. The quantitative estimate of drug-likeness (QED) is 0.397. The first kappa shape index (κ1) is 20.0. The molecule has 152 valence electrons. The van der Waals surface area contributed by atoms with Crippen LogP contribution >= 0.6 is 11.8 Å². The fraction of sp³-hybridized carbons (Fsp3) is 0.167. The topological polar surface area (TPSA) is 67.0 Å². The Morgan fingerprint density at radius 3 is 2.63 bits per heavy atom. The Labute approximate surface area is 179 Å². The lowest BCUT2D eigenvalue weighted by Crippen LogP contribution is -2.19. The molecule has 0 saturated carbocycles. The monoisotopic (exact) mass is 417 g/mol. The van der Waals surface area contributed by atoms with Crippen LogP contribution in [0.3, 0.4) is 0 Å². The average molecular weight is 418 g/mol. The van der Waals surface area contributed by atoms with Crippen molar-refractivity contribution in [3.05, 3.63) is 83.4 Å². The second-order valence-electron chi connectivity index (χ2n) is 7.14. The van der Waals surface area contributed by atoms with Gasteiger partial charge in [-0.25, -0.2) is 4.98 Å². The van der Waals surface area contributed by atoms with Gasteiger partial charge in [0.2, 0.25) is 5.91 Å². The largest absolute Gasteiger partial charge is 0.497 e. The van der Waals surface area contributed by atoms with Gasteiger partial charge in [0.15, 0.2) is 5.16 Å². The van der Waals surface area contributed by atoms with E-state index < -0.39 is 5.25 Å². The zero-order valence-corrected chi connectivity index (χ0v) is 17.9. The van der Waals surface area contributed by atoms with Crippen molar-refractivity contribution in [3.8, 4) is 5.75 Å². The van der Waals surface area contributed by atoms with E-state index in [1.165, 1.54) is 11.8 Å². The standard InChI is InChI=1S/C24H23N3O2S/c1-15-9-10-16(2)20(13-15)25-23(28)22(17-7-5-4-6-8-17)30-24-26-19-12-11-18(29-3)14-21(19)27-24/h4-14,22H,1-3H3,(H,25,28)(H,26,27)/t22-/m0/s1. The van der Waals surface area contributed by atoms with Crippen LogP contribution < -0.4 is 10.1 Å². The number of benzene rings is 3. The normalized spacial score (nSPS) is 12.0. The van der Waals surface area contributed by atoms with Crippen LogP contribution in [0.2, 0.25) is 0 Å². The Bertz CT molecular complexity index is 1190. The van der Waals surface area contributed by atoms with Crippen molar-refractivity contribution in [2.45, 2.75) is 24.3 Å². The molecular weight excluding hydrogens is 394 g/mol. The van der Waals surface area contributed by atoms with E-state index in [2.05, 4.69) is 15.3 Å². The average Bonchev–Trinajstić information content (AvgIpc) is 3.16. The lowest BCUT2D eigenvalue weighted by Gasteiger charge is -2.17. The minimum Gasteiger partial charge on any atom is -0.497 e. The number of H-pyrrole nitrogens is 1. The van der Waals surface area contributed by atoms with Crippen molar-refractivity contribution >= 4 is 34.4 Å². The van der Waals surface area contributed by atoms with Crippen molar-refractivity contribution < 1.29 is 9.53 Å².